The average molecular weight is 288 g/mol. The molecule has 4 heteroatoms. The van der Waals surface area contributed by atoms with E-state index in [9.17, 15) is 4.79 Å². The highest BCUT2D eigenvalue weighted by molar-refractivity contribution is 7.96. The van der Waals surface area contributed by atoms with Crippen LogP contribution in [-0.2, 0) is 9.53 Å². The zero-order chi connectivity index (χ0) is 14.2. The molecule has 0 aliphatic heterocycles. The topological polar surface area (TPSA) is 35.5 Å². The predicted molar refractivity (Wildman–Crippen MR) is 82.2 cm³/mol. The van der Waals surface area contributed by atoms with Crippen molar-refractivity contribution in [1.29, 1.82) is 0 Å². The van der Waals surface area contributed by atoms with Crippen molar-refractivity contribution >= 4 is 17.7 Å². The Bertz CT molecular complexity index is 537. The zero-order valence-corrected chi connectivity index (χ0v) is 11.9. The van der Waals surface area contributed by atoms with Crippen LogP contribution in [-0.4, -0.2) is 24.9 Å². The van der Waals surface area contributed by atoms with Crippen molar-refractivity contribution in [2.45, 2.75) is 0 Å². The molecule has 0 fully saturated rings. The molecule has 0 atom stereocenters. The molecule has 2 aromatic carbocycles. The number of ether oxygens (including phenoxy) is 2. The lowest BCUT2D eigenvalue weighted by Crippen LogP contribution is -2.10. The van der Waals surface area contributed by atoms with Crippen LogP contribution in [0, 0.1) is 0 Å². The van der Waals surface area contributed by atoms with Gasteiger partial charge in [0, 0.05) is 0 Å². The van der Waals surface area contributed by atoms with E-state index < -0.39 is 0 Å². The van der Waals surface area contributed by atoms with Crippen LogP contribution in [0.2, 0.25) is 0 Å². The highest BCUT2D eigenvalue weighted by Gasteiger charge is 1.99. The standard InChI is InChI=1S/C16H16O3S/c17-16(20)12-18-10-11-19-15-8-6-14(7-9-15)13-4-2-1-3-5-13/h1-9H,10-12H2,(H,17,20). The Kier molecular flexibility index (Phi) is 5.65. The van der Waals surface area contributed by atoms with Crippen molar-refractivity contribution in [2.75, 3.05) is 19.8 Å². The molecule has 0 saturated carbocycles. The predicted octanol–water partition coefficient (Wildman–Crippen LogP) is 3.21. The van der Waals surface area contributed by atoms with Crippen LogP contribution in [0.15, 0.2) is 54.6 Å². The molecule has 2 aromatic rings. The summed E-state index contributed by atoms with van der Waals surface area (Å²) in [7, 11) is 0. The molecule has 20 heavy (non-hydrogen) atoms. The largest absolute Gasteiger partial charge is 0.491 e. The minimum Gasteiger partial charge on any atom is -0.491 e. The molecule has 0 amide bonds. The third kappa shape index (κ3) is 4.72. The maximum absolute atomic E-state index is 10.5. The van der Waals surface area contributed by atoms with E-state index in [0.29, 0.717) is 13.2 Å². The van der Waals surface area contributed by atoms with E-state index in [0.717, 1.165) is 11.3 Å². The third-order valence-electron chi connectivity index (χ3n) is 2.68. The second kappa shape index (κ2) is 7.72. The van der Waals surface area contributed by atoms with Crippen LogP contribution in [0.3, 0.4) is 0 Å². The first kappa shape index (κ1) is 14.6. The molecule has 0 bridgehead atoms. The van der Waals surface area contributed by atoms with Crippen molar-refractivity contribution in [1.82, 2.24) is 0 Å². The van der Waals surface area contributed by atoms with Crippen molar-refractivity contribution in [2.24, 2.45) is 0 Å². The summed E-state index contributed by atoms with van der Waals surface area (Å²) in [5.41, 5.74) is 2.32. The van der Waals surface area contributed by atoms with Gasteiger partial charge in [0.2, 0.25) is 5.12 Å². The van der Waals surface area contributed by atoms with E-state index in [1.54, 1.807) is 0 Å². The maximum atomic E-state index is 10.5. The molecule has 0 N–H and O–H groups in total. The lowest BCUT2D eigenvalue weighted by molar-refractivity contribution is -0.115. The Balaban J connectivity index is 1.82. The Morgan fingerprint density at radius 1 is 0.900 bits per heavy atom. The highest BCUT2D eigenvalue weighted by atomic mass is 32.1. The summed E-state index contributed by atoms with van der Waals surface area (Å²) in [4.78, 5) is 10.5. The van der Waals surface area contributed by atoms with Crippen LogP contribution >= 0.6 is 12.6 Å². The lowest BCUT2D eigenvalue weighted by Gasteiger charge is -2.07. The first-order valence-corrected chi connectivity index (χ1v) is 6.78. The summed E-state index contributed by atoms with van der Waals surface area (Å²) in [5, 5.41) is -0.280. The first-order chi connectivity index (χ1) is 9.75. The molecule has 2 rings (SSSR count). The van der Waals surface area contributed by atoms with Crippen LogP contribution in [0.5, 0.6) is 5.75 Å². The number of hydrogen-bond acceptors (Lipinski definition) is 3. The maximum Gasteiger partial charge on any atom is 0.211 e. The molecule has 0 unspecified atom stereocenters. The van der Waals surface area contributed by atoms with Crippen LogP contribution < -0.4 is 4.74 Å². The van der Waals surface area contributed by atoms with Gasteiger partial charge in [0.05, 0.1) is 6.61 Å². The van der Waals surface area contributed by atoms with Gasteiger partial charge in [-0.3, -0.25) is 4.79 Å². The van der Waals surface area contributed by atoms with Crippen molar-refractivity contribution in [3.8, 4) is 16.9 Å². The number of rotatable bonds is 7. The molecule has 0 heterocycles. The fourth-order valence-corrected chi connectivity index (χ4v) is 1.84. The molecule has 0 saturated heterocycles. The van der Waals surface area contributed by atoms with E-state index in [1.807, 2.05) is 42.5 Å². The smallest absolute Gasteiger partial charge is 0.211 e. The van der Waals surface area contributed by atoms with Gasteiger partial charge in [-0.2, -0.15) is 0 Å². The second-order valence-corrected chi connectivity index (χ2v) is 4.68. The van der Waals surface area contributed by atoms with Crippen molar-refractivity contribution in [3.63, 3.8) is 0 Å². The van der Waals surface area contributed by atoms with Gasteiger partial charge in [-0.05, 0) is 23.3 Å². The van der Waals surface area contributed by atoms with Gasteiger partial charge in [-0.1, -0.05) is 42.5 Å². The molecule has 0 radical (unpaired) electrons. The Morgan fingerprint density at radius 2 is 1.55 bits per heavy atom. The number of benzene rings is 2. The molecule has 0 spiro atoms. The van der Waals surface area contributed by atoms with E-state index in [1.165, 1.54) is 5.56 Å². The van der Waals surface area contributed by atoms with Crippen LogP contribution in [0.25, 0.3) is 11.1 Å². The van der Waals surface area contributed by atoms with Gasteiger partial charge in [0.15, 0.2) is 0 Å². The molecule has 0 aliphatic rings. The Morgan fingerprint density at radius 3 is 2.20 bits per heavy atom. The Hall–Kier alpha value is -1.78. The van der Waals surface area contributed by atoms with Crippen LogP contribution in [0.1, 0.15) is 0 Å². The molecule has 0 aliphatic carbocycles. The monoisotopic (exact) mass is 288 g/mol. The van der Waals surface area contributed by atoms with E-state index in [2.05, 4.69) is 24.8 Å². The summed E-state index contributed by atoms with van der Waals surface area (Å²) < 4.78 is 10.6. The van der Waals surface area contributed by atoms with Crippen LogP contribution in [0.4, 0.5) is 0 Å². The number of thiol groups is 1. The fourth-order valence-electron chi connectivity index (χ4n) is 1.75. The van der Waals surface area contributed by atoms with Gasteiger partial charge in [-0.25, -0.2) is 0 Å². The van der Waals surface area contributed by atoms with E-state index in [4.69, 9.17) is 9.47 Å². The highest BCUT2D eigenvalue weighted by Crippen LogP contribution is 2.21. The van der Waals surface area contributed by atoms with E-state index >= 15 is 0 Å². The van der Waals surface area contributed by atoms with Gasteiger partial charge in [-0.15, -0.1) is 12.6 Å². The fraction of sp³-hybridized carbons (Fsp3) is 0.188. The Labute approximate surface area is 123 Å². The number of hydrogen-bond donors (Lipinski definition) is 1. The first-order valence-electron chi connectivity index (χ1n) is 6.33. The minimum atomic E-state index is -0.280. The normalized spacial score (nSPS) is 10.2. The van der Waals surface area contributed by atoms with Gasteiger partial charge in [0.1, 0.15) is 19.0 Å². The average Bonchev–Trinajstić information content (AvgIpc) is 2.48. The summed E-state index contributed by atoms with van der Waals surface area (Å²) in [6.45, 7) is 0.790. The summed E-state index contributed by atoms with van der Waals surface area (Å²) in [5.74, 6) is 0.783. The number of carbonyl (C=O) groups excluding carboxylic acids is 1. The summed E-state index contributed by atoms with van der Waals surface area (Å²) in [6.07, 6.45) is 0. The zero-order valence-electron chi connectivity index (χ0n) is 11.0. The van der Waals surface area contributed by atoms with Crippen molar-refractivity contribution in [3.05, 3.63) is 54.6 Å². The SMILES string of the molecule is O=C(S)COCCOc1ccc(-c2ccccc2)cc1. The summed E-state index contributed by atoms with van der Waals surface area (Å²) >= 11 is 3.61. The quantitative estimate of drug-likeness (QED) is 0.628. The molecule has 104 valence electrons. The molecule has 0 aromatic heterocycles. The van der Waals surface area contributed by atoms with Crippen molar-refractivity contribution < 1.29 is 14.3 Å². The molecular formula is C16H16O3S. The third-order valence-corrected chi connectivity index (χ3v) is 2.81. The van der Waals surface area contributed by atoms with Gasteiger partial charge >= 0.3 is 0 Å². The molecular weight excluding hydrogens is 272 g/mol. The van der Waals surface area contributed by atoms with Gasteiger partial charge < -0.3 is 9.47 Å². The number of carbonyl (C=O) groups is 1. The second-order valence-electron chi connectivity index (χ2n) is 4.19. The lowest BCUT2D eigenvalue weighted by atomic mass is 10.1. The molecule has 3 nitrogen and oxygen atoms in total. The summed E-state index contributed by atoms with van der Waals surface area (Å²) in [6, 6.07) is 18.0. The minimum absolute atomic E-state index is 0.0133. The van der Waals surface area contributed by atoms with Gasteiger partial charge in [0.25, 0.3) is 0 Å². The van der Waals surface area contributed by atoms with E-state index in [-0.39, 0.29) is 11.7 Å².